The Labute approximate surface area is 393 Å². The largest absolute Gasteiger partial charge is 1.00 e. The second-order valence-electron chi connectivity index (χ2n) is 14.2. The van der Waals surface area contributed by atoms with E-state index in [2.05, 4.69) is 10.3 Å². The van der Waals surface area contributed by atoms with Crippen molar-refractivity contribution in [3.63, 3.8) is 0 Å². The molecule has 12 nitrogen and oxygen atoms in total. The predicted octanol–water partition coefficient (Wildman–Crippen LogP) is 8.44. The van der Waals surface area contributed by atoms with Crippen LogP contribution in [-0.2, 0) is 52.4 Å². The van der Waals surface area contributed by atoms with Crippen molar-refractivity contribution < 1.29 is 104 Å². The predicted molar refractivity (Wildman–Crippen MR) is 223 cm³/mol. The summed E-state index contributed by atoms with van der Waals surface area (Å²) in [5, 5.41) is 23.1. The van der Waals surface area contributed by atoms with Crippen LogP contribution in [0.5, 0.6) is 11.5 Å². The number of alkyl halides is 6. The first-order valence-electron chi connectivity index (χ1n) is 20.3. The maximum Gasteiger partial charge on any atom is 1.00 e. The molecular weight excluding hydrogens is 877 g/mol. The molecule has 0 amide bonds. The molecule has 19 heteroatoms. The first kappa shape index (κ1) is 56.0. The van der Waals surface area contributed by atoms with E-state index in [1.54, 1.807) is 54.6 Å². The summed E-state index contributed by atoms with van der Waals surface area (Å²) in [4.78, 5) is 24.5. The van der Waals surface area contributed by atoms with E-state index in [0.717, 1.165) is 7.11 Å². The molecule has 0 aliphatic heterocycles. The molecule has 0 bridgehead atoms. The molecule has 2 unspecified atom stereocenters. The molecule has 0 aliphatic carbocycles. The summed E-state index contributed by atoms with van der Waals surface area (Å²) >= 11 is 0. The van der Waals surface area contributed by atoms with Gasteiger partial charge in [0.05, 0.1) is 17.9 Å². The van der Waals surface area contributed by atoms with Crippen LogP contribution in [0.1, 0.15) is 110 Å². The van der Waals surface area contributed by atoms with Crippen LogP contribution in [0.3, 0.4) is 0 Å². The third-order valence-electron chi connectivity index (χ3n) is 9.66. The minimum atomic E-state index is -4.66. The van der Waals surface area contributed by atoms with Crippen molar-refractivity contribution in [1.82, 2.24) is 10.3 Å². The SMILES string of the molecule is CCCc1cc2c(C(F)(F)F)noc2c(CCC)c1OC(C(=O)O)c1ccccc1.CCCc1cc2c(C(F)(F)F)noc2c(CCC)c1OC(C(=O)OC)c1ccccc1.CO.[Na+].[OH-]. The van der Waals surface area contributed by atoms with Crippen LogP contribution in [0, 0.1) is 0 Å². The van der Waals surface area contributed by atoms with Gasteiger partial charge < -0.3 is 38.9 Å². The van der Waals surface area contributed by atoms with Crippen molar-refractivity contribution in [3.05, 3.63) is 118 Å². The van der Waals surface area contributed by atoms with Gasteiger partial charge in [0.25, 0.3) is 0 Å². The number of hydrogen-bond acceptors (Lipinski definition) is 11. The van der Waals surface area contributed by atoms with Crippen molar-refractivity contribution >= 4 is 33.9 Å². The van der Waals surface area contributed by atoms with Gasteiger partial charge in [-0.1, -0.05) is 124 Å². The molecule has 0 aliphatic rings. The number of aromatic nitrogens is 2. The van der Waals surface area contributed by atoms with Gasteiger partial charge in [0.2, 0.25) is 12.2 Å². The molecule has 0 fully saturated rings. The van der Waals surface area contributed by atoms with Gasteiger partial charge >= 0.3 is 53.8 Å². The van der Waals surface area contributed by atoms with E-state index in [1.165, 1.54) is 19.2 Å². The summed E-state index contributed by atoms with van der Waals surface area (Å²) in [6.07, 6.45) is -7.47. The number of carbonyl (C=O) groups excluding carboxylic acids is 1. The average Bonchev–Trinajstić information content (AvgIpc) is 3.90. The van der Waals surface area contributed by atoms with E-state index < -0.39 is 47.9 Å². The number of aliphatic hydroxyl groups is 1. The van der Waals surface area contributed by atoms with Gasteiger partial charge in [-0.2, -0.15) is 26.3 Å². The molecular formula is C46H51F6N2NaO10. The molecule has 2 atom stereocenters. The number of aryl methyl sites for hydroxylation is 4. The van der Waals surface area contributed by atoms with Crippen molar-refractivity contribution in [2.45, 2.75) is 104 Å². The van der Waals surface area contributed by atoms with E-state index in [9.17, 15) is 41.0 Å². The average molecular weight is 929 g/mol. The number of fused-ring (bicyclic) bond motifs is 2. The molecule has 2 heterocycles. The number of carboxylic acids is 1. The number of hydrogen-bond donors (Lipinski definition) is 2. The number of rotatable bonds is 16. The molecule has 65 heavy (non-hydrogen) atoms. The Kier molecular flexibility index (Phi) is 22.0. The quantitative estimate of drug-likeness (QED) is 0.0537. The second kappa shape index (κ2) is 25.5. The summed E-state index contributed by atoms with van der Waals surface area (Å²) in [6.45, 7) is 7.57. The first-order valence-corrected chi connectivity index (χ1v) is 20.3. The van der Waals surface area contributed by atoms with Crippen LogP contribution in [-0.4, -0.2) is 52.2 Å². The molecule has 6 aromatic rings. The minimum Gasteiger partial charge on any atom is -0.870 e. The van der Waals surface area contributed by atoms with Crippen molar-refractivity contribution in [2.75, 3.05) is 14.2 Å². The molecule has 0 spiro atoms. The summed E-state index contributed by atoms with van der Waals surface area (Å²) in [5.74, 6) is -1.20. The van der Waals surface area contributed by atoms with Crippen molar-refractivity contribution in [1.29, 1.82) is 0 Å². The number of halogens is 6. The number of aliphatic hydroxyl groups excluding tert-OH is 1. The topological polar surface area (TPSA) is 184 Å². The number of carbonyl (C=O) groups is 2. The molecule has 4 aromatic carbocycles. The first-order chi connectivity index (χ1) is 30.1. The second-order valence-corrected chi connectivity index (χ2v) is 14.2. The fourth-order valence-corrected chi connectivity index (χ4v) is 7.05. The third-order valence-corrected chi connectivity index (χ3v) is 9.66. The normalized spacial score (nSPS) is 12.1. The van der Waals surface area contributed by atoms with Gasteiger partial charge in [0.1, 0.15) is 11.5 Å². The Balaban J connectivity index is 0.000000418. The van der Waals surface area contributed by atoms with Gasteiger partial charge in [-0.3, -0.25) is 0 Å². The van der Waals surface area contributed by atoms with E-state index in [1.807, 2.05) is 33.8 Å². The molecule has 6 rings (SSSR count). The van der Waals surface area contributed by atoms with E-state index in [4.69, 9.17) is 28.4 Å². The van der Waals surface area contributed by atoms with Crippen LogP contribution < -0.4 is 39.0 Å². The molecule has 348 valence electrons. The molecule has 0 saturated heterocycles. The number of carboxylic acid groups (broad SMARTS) is 1. The Bertz CT molecular complexity index is 2420. The van der Waals surface area contributed by atoms with Crippen molar-refractivity contribution in [2.24, 2.45) is 0 Å². The van der Waals surface area contributed by atoms with E-state index in [0.29, 0.717) is 90.5 Å². The number of nitrogens with zero attached hydrogens (tertiary/aromatic N) is 2. The van der Waals surface area contributed by atoms with Gasteiger partial charge in [-0.25, -0.2) is 9.59 Å². The summed E-state index contributed by atoms with van der Waals surface area (Å²) in [6, 6.07) is 20.0. The number of benzene rings is 4. The van der Waals surface area contributed by atoms with Crippen molar-refractivity contribution in [3.8, 4) is 11.5 Å². The Morgan fingerprint density at radius 3 is 1.31 bits per heavy atom. The Hall–Kier alpha value is -5.14. The molecule has 3 N–H and O–H groups in total. The zero-order valence-corrected chi connectivity index (χ0v) is 39.1. The summed E-state index contributed by atoms with van der Waals surface area (Å²) < 4.78 is 108. The number of methoxy groups -OCH3 is 1. The number of ether oxygens (including phenoxy) is 3. The summed E-state index contributed by atoms with van der Waals surface area (Å²) in [5.41, 5.74) is 0.822. The van der Waals surface area contributed by atoms with Gasteiger partial charge in [0, 0.05) is 29.4 Å². The van der Waals surface area contributed by atoms with Crippen LogP contribution in [0.25, 0.3) is 21.9 Å². The standard InChI is InChI=1S/C23H24F3NO4.C22H22F3NO4.CH4O.Na.H2O/c1-4-9-15-13-17-20(31-27-21(17)23(24,25)26)16(10-5-2)18(15)30-19(22(28)29-3)14-11-7-6-8-12-14;1-3-8-14-12-16-19(30-26-20(16)22(23,24)25)15(9-4-2)17(14)29-18(21(27)28)13-10-6-5-7-11-13;1-2;;/h6-8,11-13,19H,4-5,9-10H2,1-3H3;5-7,10-12,18H,3-4,8-9H2,1-2H3,(H,27,28);2H,1H3;;1H2/q;;;+1;/p-1. The number of esters is 1. The fraction of sp³-hybridized carbons (Fsp3) is 0.391. The van der Waals surface area contributed by atoms with Gasteiger partial charge in [-0.15, -0.1) is 0 Å². The van der Waals surface area contributed by atoms with Crippen LogP contribution >= 0.6 is 0 Å². The molecule has 0 saturated carbocycles. The van der Waals surface area contributed by atoms with E-state index in [-0.39, 0.29) is 62.7 Å². The minimum absolute atomic E-state index is 0. The third kappa shape index (κ3) is 13.5. The summed E-state index contributed by atoms with van der Waals surface area (Å²) in [7, 11) is 2.26. The van der Waals surface area contributed by atoms with Gasteiger partial charge in [0.15, 0.2) is 22.6 Å². The number of aliphatic carboxylic acids is 1. The van der Waals surface area contributed by atoms with Crippen LogP contribution in [0.15, 0.2) is 81.8 Å². The Morgan fingerprint density at radius 2 is 0.985 bits per heavy atom. The fourth-order valence-electron chi connectivity index (χ4n) is 7.05. The zero-order valence-electron chi connectivity index (χ0n) is 37.1. The smallest absolute Gasteiger partial charge is 0.870 e. The van der Waals surface area contributed by atoms with E-state index >= 15 is 0 Å². The van der Waals surface area contributed by atoms with Crippen LogP contribution in [0.2, 0.25) is 0 Å². The monoisotopic (exact) mass is 928 g/mol. The Morgan fingerprint density at radius 1 is 0.631 bits per heavy atom. The zero-order chi connectivity index (χ0) is 46.5. The molecule has 0 radical (unpaired) electrons. The maximum absolute atomic E-state index is 13.5. The van der Waals surface area contributed by atoms with Gasteiger partial charge in [-0.05, 0) is 48.9 Å². The molecule has 2 aromatic heterocycles. The van der Waals surface area contributed by atoms with Crippen LogP contribution in [0.4, 0.5) is 26.3 Å². The maximum atomic E-state index is 13.5.